The van der Waals surface area contributed by atoms with Gasteiger partial charge in [0.2, 0.25) is 0 Å². The summed E-state index contributed by atoms with van der Waals surface area (Å²) in [7, 11) is 0. The Labute approximate surface area is 176 Å². The highest BCUT2D eigenvalue weighted by Crippen LogP contribution is 2.48. The molecule has 1 saturated heterocycles. The first-order chi connectivity index (χ1) is 14.5. The molecule has 3 atom stereocenters. The van der Waals surface area contributed by atoms with Crippen molar-refractivity contribution in [1.82, 2.24) is 15.3 Å². The number of anilines is 2. The number of aromatic hydroxyl groups is 1. The van der Waals surface area contributed by atoms with Gasteiger partial charge >= 0.3 is 0 Å². The number of nitro groups is 1. The van der Waals surface area contributed by atoms with E-state index in [2.05, 4.69) is 32.4 Å². The van der Waals surface area contributed by atoms with Crippen LogP contribution in [-0.4, -0.2) is 33.1 Å². The molecule has 30 heavy (non-hydrogen) atoms. The van der Waals surface area contributed by atoms with Gasteiger partial charge in [-0.25, -0.2) is 9.97 Å². The summed E-state index contributed by atoms with van der Waals surface area (Å²) in [5, 5.41) is 28.3. The molecule has 0 amide bonds. The Morgan fingerprint density at radius 3 is 2.77 bits per heavy atom. The second-order valence-corrected chi connectivity index (χ2v) is 7.85. The largest absolute Gasteiger partial charge is 0.506 e. The monoisotopic (exact) mass is 421 g/mol. The standard InChI is InChI=1S/C21H16ClN5O3/c22-17-6-12(2-4-20(17)28)26-21-14-7-19(27(29)30)11(5-18(14)24-10-25-21)1-3-13-15-8-23-9-16(13)15/h2,4-7,10,13,15-16,23,28H,8-9H2,(H,24,25,26)/t13?,15-,16+. The van der Waals surface area contributed by atoms with Crippen molar-refractivity contribution in [3.05, 3.63) is 57.4 Å². The van der Waals surface area contributed by atoms with Gasteiger partial charge in [-0.15, -0.1) is 0 Å². The maximum absolute atomic E-state index is 11.7. The summed E-state index contributed by atoms with van der Waals surface area (Å²) < 4.78 is 0. The molecule has 3 N–H and O–H groups in total. The van der Waals surface area contributed by atoms with E-state index in [-0.39, 0.29) is 16.5 Å². The summed E-state index contributed by atoms with van der Waals surface area (Å²) in [6, 6.07) is 7.70. The molecule has 1 aliphatic carbocycles. The molecule has 3 aromatic rings. The summed E-state index contributed by atoms with van der Waals surface area (Å²) in [6.45, 7) is 1.93. The van der Waals surface area contributed by atoms with Gasteiger partial charge in [-0.05, 0) is 49.2 Å². The van der Waals surface area contributed by atoms with Crippen LogP contribution in [0.1, 0.15) is 5.56 Å². The van der Waals surface area contributed by atoms with Gasteiger partial charge in [0.15, 0.2) is 0 Å². The second kappa shape index (κ2) is 7.13. The minimum Gasteiger partial charge on any atom is -0.506 e. The maximum atomic E-state index is 11.7. The number of hydrogen-bond donors (Lipinski definition) is 3. The number of nitro benzene ring substituents is 1. The number of hydrogen-bond acceptors (Lipinski definition) is 7. The summed E-state index contributed by atoms with van der Waals surface area (Å²) in [4.78, 5) is 19.7. The Kier molecular flexibility index (Phi) is 4.42. The van der Waals surface area contributed by atoms with Gasteiger partial charge in [0, 0.05) is 23.1 Å². The Hall–Kier alpha value is -3.41. The van der Waals surface area contributed by atoms with E-state index in [4.69, 9.17) is 11.6 Å². The smallest absolute Gasteiger partial charge is 0.285 e. The van der Waals surface area contributed by atoms with Gasteiger partial charge < -0.3 is 15.7 Å². The Morgan fingerprint density at radius 2 is 2.03 bits per heavy atom. The first kappa shape index (κ1) is 18.6. The molecule has 2 heterocycles. The van der Waals surface area contributed by atoms with E-state index in [0.717, 1.165) is 13.1 Å². The van der Waals surface area contributed by atoms with Crippen LogP contribution in [0.2, 0.25) is 5.02 Å². The summed E-state index contributed by atoms with van der Waals surface area (Å²) in [5.74, 6) is 8.01. The number of benzene rings is 2. The van der Waals surface area contributed by atoms with E-state index < -0.39 is 4.92 Å². The summed E-state index contributed by atoms with van der Waals surface area (Å²) in [6.07, 6.45) is 1.38. The number of phenols is 1. The Bertz CT molecular complexity index is 1240. The molecular formula is C21H16ClN5O3. The van der Waals surface area contributed by atoms with Crippen molar-refractivity contribution < 1.29 is 10.0 Å². The van der Waals surface area contributed by atoms with Crippen LogP contribution in [0.25, 0.3) is 10.9 Å². The van der Waals surface area contributed by atoms with Gasteiger partial charge in [0.05, 0.1) is 15.5 Å². The van der Waals surface area contributed by atoms with Crippen molar-refractivity contribution >= 4 is 39.7 Å². The van der Waals surface area contributed by atoms with Crippen LogP contribution in [0.5, 0.6) is 5.75 Å². The normalized spacial score (nSPS) is 21.6. The average molecular weight is 422 g/mol. The molecule has 8 nitrogen and oxygen atoms in total. The molecule has 2 fully saturated rings. The van der Waals surface area contributed by atoms with Gasteiger partial charge in [-0.1, -0.05) is 23.4 Å². The number of phenolic OH excluding ortho intramolecular Hbond substituents is 1. The number of nitrogens with one attached hydrogen (secondary N) is 2. The topological polar surface area (TPSA) is 113 Å². The molecule has 1 aromatic heterocycles. The van der Waals surface area contributed by atoms with E-state index in [9.17, 15) is 15.2 Å². The Balaban J connectivity index is 1.53. The number of halogens is 1. The third kappa shape index (κ3) is 3.28. The van der Waals surface area contributed by atoms with Crippen LogP contribution in [0.15, 0.2) is 36.7 Å². The van der Waals surface area contributed by atoms with Crippen molar-refractivity contribution in [2.24, 2.45) is 17.8 Å². The predicted molar refractivity (Wildman–Crippen MR) is 113 cm³/mol. The van der Waals surface area contributed by atoms with Crippen molar-refractivity contribution in [1.29, 1.82) is 0 Å². The number of piperidine rings is 1. The van der Waals surface area contributed by atoms with Crippen molar-refractivity contribution in [2.45, 2.75) is 0 Å². The second-order valence-electron chi connectivity index (χ2n) is 7.44. The highest BCUT2D eigenvalue weighted by molar-refractivity contribution is 6.32. The number of rotatable bonds is 3. The molecule has 1 saturated carbocycles. The maximum Gasteiger partial charge on any atom is 0.285 e. The van der Waals surface area contributed by atoms with Crippen LogP contribution in [0.4, 0.5) is 17.2 Å². The van der Waals surface area contributed by atoms with Crippen molar-refractivity contribution in [3.63, 3.8) is 0 Å². The van der Waals surface area contributed by atoms with Crippen LogP contribution >= 0.6 is 11.6 Å². The minimum absolute atomic E-state index is 0.0378. The predicted octanol–water partition coefficient (Wildman–Crippen LogP) is 3.46. The third-order valence-corrected chi connectivity index (χ3v) is 5.93. The molecular weight excluding hydrogens is 406 g/mol. The van der Waals surface area contributed by atoms with E-state index in [1.807, 2.05) is 0 Å². The minimum atomic E-state index is -0.438. The first-order valence-corrected chi connectivity index (χ1v) is 9.80. The van der Waals surface area contributed by atoms with Crippen LogP contribution in [0.3, 0.4) is 0 Å². The molecule has 1 unspecified atom stereocenters. The fraction of sp³-hybridized carbons (Fsp3) is 0.238. The molecule has 0 spiro atoms. The van der Waals surface area contributed by atoms with E-state index in [1.165, 1.54) is 18.5 Å². The molecule has 2 aliphatic rings. The lowest BCUT2D eigenvalue weighted by atomic mass is 10.1. The van der Waals surface area contributed by atoms with Crippen LogP contribution in [-0.2, 0) is 0 Å². The molecule has 1 aliphatic heterocycles. The molecule has 0 bridgehead atoms. The lowest BCUT2D eigenvalue weighted by molar-refractivity contribution is -0.385. The zero-order chi connectivity index (χ0) is 20.8. The first-order valence-electron chi connectivity index (χ1n) is 9.42. The van der Waals surface area contributed by atoms with Crippen molar-refractivity contribution in [2.75, 3.05) is 18.4 Å². The molecule has 2 aromatic carbocycles. The number of fused-ring (bicyclic) bond motifs is 2. The van der Waals surface area contributed by atoms with Gasteiger partial charge in [0.1, 0.15) is 23.5 Å². The summed E-state index contributed by atoms with van der Waals surface area (Å²) in [5.41, 5.74) is 1.39. The van der Waals surface area contributed by atoms with Gasteiger partial charge in [-0.3, -0.25) is 10.1 Å². The Morgan fingerprint density at radius 1 is 1.23 bits per heavy atom. The zero-order valence-corrected chi connectivity index (χ0v) is 16.3. The van der Waals surface area contributed by atoms with Crippen LogP contribution < -0.4 is 10.6 Å². The molecule has 0 radical (unpaired) electrons. The van der Waals surface area contributed by atoms with Gasteiger partial charge in [0.25, 0.3) is 5.69 Å². The lowest BCUT2D eigenvalue weighted by Gasteiger charge is -2.09. The quantitative estimate of drug-likeness (QED) is 0.257. The zero-order valence-electron chi connectivity index (χ0n) is 15.6. The molecule has 9 heteroatoms. The van der Waals surface area contributed by atoms with Crippen LogP contribution in [0, 0.1) is 39.7 Å². The number of nitrogens with zero attached hydrogens (tertiary/aromatic N) is 3. The van der Waals surface area contributed by atoms with E-state index in [1.54, 1.807) is 18.2 Å². The average Bonchev–Trinajstić information content (AvgIpc) is 3.14. The molecule has 5 rings (SSSR count). The van der Waals surface area contributed by atoms with E-state index in [0.29, 0.717) is 45.7 Å². The van der Waals surface area contributed by atoms with E-state index >= 15 is 0 Å². The third-order valence-electron chi connectivity index (χ3n) is 5.63. The highest BCUT2D eigenvalue weighted by Gasteiger charge is 2.51. The highest BCUT2D eigenvalue weighted by atomic mass is 35.5. The SMILES string of the molecule is O=[N+]([O-])c1cc2c(Nc3ccc(O)c(Cl)c3)ncnc2cc1C#CC1[C@H]2CNC[C@@H]12. The number of aromatic nitrogens is 2. The summed E-state index contributed by atoms with van der Waals surface area (Å²) >= 11 is 5.96. The van der Waals surface area contributed by atoms with Gasteiger partial charge in [-0.2, -0.15) is 0 Å². The lowest BCUT2D eigenvalue weighted by Crippen LogP contribution is -2.13. The fourth-order valence-electron chi connectivity index (χ4n) is 3.96. The molecule has 150 valence electrons. The van der Waals surface area contributed by atoms with Crippen molar-refractivity contribution in [3.8, 4) is 17.6 Å². The fourth-order valence-corrected chi connectivity index (χ4v) is 4.14.